The van der Waals surface area contributed by atoms with Crippen LogP contribution in [0.25, 0.3) is 10.8 Å². The summed E-state index contributed by atoms with van der Waals surface area (Å²) in [4.78, 5) is 26.0. The summed E-state index contributed by atoms with van der Waals surface area (Å²) in [6, 6.07) is 22.6. The Morgan fingerprint density at radius 3 is 2.52 bits per heavy atom. The number of carbonyl (C=O) groups is 2. The summed E-state index contributed by atoms with van der Waals surface area (Å²) in [6.07, 6.45) is 0. The van der Waals surface area contributed by atoms with Crippen molar-refractivity contribution in [2.24, 2.45) is 0 Å². The van der Waals surface area contributed by atoms with Gasteiger partial charge in [0, 0.05) is 22.2 Å². The highest BCUT2D eigenvalue weighted by atomic mass is 32.2. The third-order valence-electron chi connectivity index (χ3n) is 4.66. The van der Waals surface area contributed by atoms with Gasteiger partial charge in [-0.05, 0) is 55.0 Å². The van der Waals surface area contributed by atoms with E-state index in [4.69, 9.17) is 4.52 Å². The van der Waals surface area contributed by atoms with Crippen molar-refractivity contribution < 1.29 is 14.1 Å². The Hall–Kier alpha value is -3.58. The Morgan fingerprint density at radius 1 is 0.935 bits per heavy atom. The number of hydrogen-bond donors (Lipinski definition) is 2. The number of fused-ring (bicyclic) bond motifs is 1. The summed E-state index contributed by atoms with van der Waals surface area (Å²) >= 11 is 1.39. The Bertz CT molecular complexity index is 1250. The summed E-state index contributed by atoms with van der Waals surface area (Å²) in [7, 11) is 0. The van der Waals surface area contributed by atoms with Gasteiger partial charge in [-0.1, -0.05) is 41.6 Å². The fraction of sp³-hybridized carbons (Fsp3) is 0.125. The fourth-order valence-electron chi connectivity index (χ4n) is 3.09. The number of hydrogen-bond acceptors (Lipinski definition) is 5. The average Bonchev–Trinajstić information content (AvgIpc) is 3.18. The highest BCUT2D eigenvalue weighted by Crippen LogP contribution is 2.27. The van der Waals surface area contributed by atoms with Crippen LogP contribution in [-0.4, -0.2) is 22.2 Å². The Balaban J connectivity index is 1.41. The molecule has 0 saturated heterocycles. The smallest absolute Gasteiger partial charge is 0.255 e. The molecule has 1 heterocycles. The topological polar surface area (TPSA) is 84.2 Å². The largest absolute Gasteiger partial charge is 0.360 e. The van der Waals surface area contributed by atoms with Gasteiger partial charge in [0.2, 0.25) is 5.91 Å². The molecule has 156 valence electrons. The molecule has 1 unspecified atom stereocenters. The third kappa shape index (κ3) is 5.13. The molecule has 1 atom stereocenters. The van der Waals surface area contributed by atoms with E-state index < -0.39 is 0 Å². The van der Waals surface area contributed by atoms with Gasteiger partial charge < -0.3 is 15.2 Å². The van der Waals surface area contributed by atoms with Crippen molar-refractivity contribution in [1.82, 2.24) is 5.16 Å². The maximum atomic E-state index is 12.7. The van der Waals surface area contributed by atoms with Gasteiger partial charge in [-0.15, -0.1) is 11.8 Å². The number of amides is 2. The van der Waals surface area contributed by atoms with Crippen LogP contribution in [0.3, 0.4) is 0 Å². The molecule has 7 heteroatoms. The highest BCUT2D eigenvalue weighted by Gasteiger charge is 2.16. The molecule has 2 amide bonds. The van der Waals surface area contributed by atoms with E-state index in [-0.39, 0.29) is 17.1 Å². The zero-order chi connectivity index (χ0) is 21.8. The molecule has 3 aromatic carbocycles. The maximum absolute atomic E-state index is 12.7. The molecule has 0 aliphatic carbocycles. The van der Waals surface area contributed by atoms with E-state index in [9.17, 15) is 9.59 Å². The van der Waals surface area contributed by atoms with Gasteiger partial charge in [0.05, 0.1) is 5.25 Å². The number of aryl methyl sites for hydroxylation is 1. The molecule has 2 N–H and O–H groups in total. The number of nitrogens with zero attached hydrogens (tertiary/aromatic N) is 1. The number of nitrogens with one attached hydrogen (secondary N) is 2. The van der Waals surface area contributed by atoms with Gasteiger partial charge in [-0.2, -0.15) is 0 Å². The lowest BCUT2D eigenvalue weighted by molar-refractivity contribution is -0.115. The van der Waals surface area contributed by atoms with Gasteiger partial charge >= 0.3 is 0 Å². The van der Waals surface area contributed by atoms with Crippen molar-refractivity contribution in [3.63, 3.8) is 0 Å². The summed E-state index contributed by atoms with van der Waals surface area (Å²) < 4.78 is 4.96. The van der Waals surface area contributed by atoms with Crippen LogP contribution in [0.5, 0.6) is 0 Å². The van der Waals surface area contributed by atoms with Crippen LogP contribution < -0.4 is 10.6 Å². The predicted octanol–water partition coefficient (Wildman–Crippen LogP) is 5.51. The Kier molecular flexibility index (Phi) is 6.04. The van der Waals surface area contributed by atoms with Crippen LogP contribution in [-0.2, 0) is 4.79 Å². The van der Waals surface area contributed by atoms with Gasteiger partial charge in [-0.25, -0.2) is 0 Å². The molecule has 4 aromatic rings. The standard InChI is InChI=1S/C24H21N3O3S/c1-15-12-22(27-30-15)26-23(28)16(2)31-21-9-5-8-20(14-21)25-24(29)19-11-10-17-6-3-4-7-18(17)13-19/h3-14,16H,1-2H3,(H,25,29)(H,26,27,28). The maximum Gasteiger partial charge on any atom is 0.255 e. The molecule has 0 fully saturated rings. The molecule has 4 rings (SSSR count). The van der Waals surface area contributed by atoms with Crippen LogP contribution in [0, 0.1) is 6.92 Å². The van der Waals surface area contributed by atoms with Gasteiger partial charge in [-0.3, -0.25) is 9.59 Å². The first-order valence-electron chi connectivity index (χ1n) is 9.79. The molecular weight excluding hydrogens is 410 g/mol. The van der Waals surface area contributed by atoms with Crippen molar-refractivity contribution in [3.8, 4) is 0 Å². The minimum absolute atomic E-state index is 0.177. The lowest BCUT2D eigenvalue weighted by Gasteiger charge is -2.12. The number of thioether (sulfide) groups is 1. The molecule has 0 aliphatic heterocycles. The van der Waals surface area contributed by atoms with E-state index in [1.807, 2.05) is 73.7 Å². The monoisotopic (exact) mass is 431 g/mol. The van der Waals surface area contributed by atoms with Gasteiger partial charge in [0.15, 0.2) is 5.82 Å². The molecule has 0 aliphatic rings. The van der Waals surface area contributed by atoms with Crippen molar-refractivity contribution in [2.45, 2.75) is 24.0 Å². The lowest BCUT2D eigenvalue weighted by atomic mass is 10.1. The first kappa shape index (κ1) is 20.7. The van der Waals surface area contributed by atoms with Crippen molar-refractivity contribution >= 4 is 45.9 Å². The lowest BCUT2D eigenvalue weighted by Crippen LogP contribution is -2.22. The number of benzene rings is 3. The highest BCUT2D eigenvalue weighted by molar-refractivity contribution is 8.00. The number of anilines is 2. The fourth-order valence-corrected chi connectivity index (χ4v) is 4.02. The van der Waals surface area contributed by atoms with E-state index in [1.165, 1.54) is 11.8 Å². The number of rotatable bonds is 6. The van der Waals surface area contributed by atoms with Crippen LogP contribution >= 0.6 is 11.8 Å². The van der Waals surface area contributed by atoms with Crippen molar-refractivity contribution in [2.75, 3.05) is 10.6 Å². The van der Waals surface area contributed by atoms with Crippen LogP contribution in [0.2, 0.25) is 0 Å². The Morgan fingerprint density at radius 2 is 1.74 bits per heavy atom. The first-order chi connectivity index (χ1) is 15.0. The number of aromatic nitrogens is 1. The molecule has 0 saturated carbocycles. The van der Waals surface area contributed by atoms with Crippen LogP contribution in [0.4, 0.5) is 11.5 Å². The van der Waals surface area contributed by atoms with E-state index in [2.05, 4.69) is 15.8 Å². The second-order valence-corrected chi connectivity index (χ2v) is 8.53. The first-order valence-corrected chi connectivity index (χ1v) is 10.7. The normalized spacial score (nSPS) is 11.8. The third-order valence-corrected chi connectivity index (χ3v) is 5.76. The Labute approximate surface area is 184 Å². The van der Waals surface area contributed by atoms with E-state index in [0.29, 0.717) is 22.8 Å². The molecular formula is C24H21N3O3S. The molecule has 1 aromatic heterocycles. The molecule has 31 heavy (non-hydrogen) atoms. The quantitative estimate of drug-likeness (QED) is 0.393. The molecule has 0 spiro atoms. The van der Waals surface area contributed by atoms with Gasteiger partial charge in [0.25, 0.3) is 5.91 Å². The number of carbonyl (C=O) groups excluding carboxylic acids is 2. The summed E-state index contributed by atoms with van der Waals surface area (Å²) in [6.45, 7) is 3.58. The second-order valence-electron chi connectivity index (χ2n) is 7.12. The summed E-state index contributed by atoms with van der Waals surface area (Å²) in [5, 5.41) is 11.2. The second kappa shape index (κ2) is 9.06. The van der Waals surface area contributed by atoms with E-state index in [1.54, 1.807) is 13.0 Å². The SMILES string of the molecule is Cc1cc(NC(=O)C(C)Sc2cccc(NC(=O)c3ccc4ccccc4c3)c2)no1. The minimum Gasteiger partial charge on any atom is -0.360 e. The summed E-state index contributed by atoms with van der Waals surface area (Å²) in [5.74, 6) is 0.667. The molecule has 6 nitrogen and oxygen atoms in total. The van der Waals surface area contributed by atoms with Crippen LogP contribution in [0.15, 0.2) is 82.2 Å². The molecule has 0 radical (unpaired) electrons. The molecule has 0 bridgehead atoms. The average molecular weight is 432 g/mol. The van der Waals surface area contributed by atoms with Crippen molar-refractivity contribution in [3.05, 3.63) is 84.1 Å². The zero-order valence-electron chi connectivity index (χ0n) is 17.1. The van der Waals surface area contributed by atoms with Crippen LogP contribution in [0.1, 0.15) is 23.0 Å². The van der Waals surface area contributed by atoms with Gasteiger partial charge in [0.1, 0.15) is 5.76 Å². The minimum atomic E-state index is -0.358. The summed E-state index contributed by atoms with van der Waals surface area (Å²) in [5.41, 5.74) is 1.26. The van der Waals surface area contributed by atoms with E-state index >= 15 is 0 Å². The predicted molar refractivity (Wildman–Crippen MR) is 124 cm³/mol. The van der Waals surface area contributed by atoms with E-state index in [0.717, 1.165) is 15.7 Å². The zero-order valence-corrected chi connectivity index (χ0v) is 17.9. The van der Waals surface area contributed by atoms with Crippen molar-refractivity contribution in [1.29, 1.82) is 0 Å².